The zero-order valence-electron chi connectivity index (χ0n) is 18.7. The van der Waals surface area contributed by atoms with Crippen LogP contribution in [0.5, 0.6) is 0 Å². The minimum absolute atomic E-state index is 0.0198. The topological polar surface area (TPSA) is 126 Å². The number of amides is 1. The Bertz CT molecular complexity index is 908. The molecule has 1 aliphatic rings. The first-order valence-corrected chi connectivity index (χ1v) is 10.3. The number of nitrogens with one attached hydrogen (secondary N) is 1. The average Bonchev–Trinajstić information content (AvgIpc) is 2.77. The summed E-state index contributed by atoms with van der Waals surface area (Å²) in [6.07, 6.45) is 0.328. The lowest BCUT2D eigenvalue weighted by atomic mass is 10.1. The smallest absolute Gasteiger partial charge is 0.331 e. The van der Waals surface area contributed by atoms with Gasteiger partial charge in [0, 0.05) is 26.5 Å². The highest BCUT2D eigenvalue weighted by atomic mass is 16.7. The van der Waals surface area contributed by atoms with E-state index >= 15 is 0 Å². The summed E-state index contributed by atoms with van der Waals surface area (Å²) < 4.78 is 26.4. The largest absolute Gasteiger partial charge is 0.463 e. The van der Waals surface area contributed by atoms with Crippen LogP contribution in [0.4, 0.5) is 0 Å². The molecule has 33 heavy (non-hydrogen) atoms. The maximum absolute atomic E-state index is 12.3. The quantitative estimate of drug-likeness (QED) is 0.314. The van der Waals surface area contributed by atoms with Gasteiger partial charge in [0.25, 0.3) is 0 Å². The van der Waals surface area contributed by atoms with Gasteiger partial charge in [0.1, 0.15) is 25.1 Å². The van der Waals surface area contributed by atoms with Crippen LogP contribution in [-0.2, 0) is 49.4 Å². The van der Waals surface area contributed by atoms with Crippen molar-refractivity contribution in [2.24, 2.45) is 0 Å². The fraction of sp³-hybridized carbons (Fsp3) is 0.391. The minimum atomic E-state index is -1.27. The third-order valence-corrected chi connectivity index (χ3v) is 4.14. The van der Waals surface area contributed by atoms with E-state index in [0.717, 1.165) is 11.6 Å². The standard InChI is InChI=1S/C23H27NO9/c1-4-29-22(28)11-19-20(32-16(3)26)10-18(13-30-15(2)25)33-23(19)31-14-21(27)24-12-17-8-6-5-7-9-17/h5-11,18,23H,4,12-14H2,1-3H3,(H,24,27)/b19-11+/t18-,23-/m0/s1. The first-order valence-electron chi connectivity index (χ1n) is 10.3. The van der Waals surface area contributed by atoms with Gasteiger partial charge in [0.05, 0.1) is 12.2 Å². The molecule has 10 heteroatoms. The van der Waals surface area contributed by atoms with E-state index in [4.69, 9.17) is 23.7 Å². The van der Waals surface area contributed by atoms with Crippen LogP contribution in [0.2, 0.25) is 0 Å². The minimum Gasteiger partial charge on any atom is -0.463 e. The molecule has 0 aliphatic carbocycles. The molecule has 0 aromatic heterocycles. The summed E-state index contributed by atoms with van der Waals surface area (Å²) in [4.78, 5) is 47.1. The molecule has 1 aromatic carbocycles. The highest BCUT2D eigenvalue weighted by Crippen LogP contribution is 2.28. The highest BCUT2D eigenvalue weighted by molar-refractivity contribution is 5.84. The summed E-state index contributed by atoms with van der Waals surface area (Å²) >= 11 is 0. The van der Waals surface area contributed by atoms with E-state index in [2.05, 4.69) is 5.32 Å². The van der Waals surface area contributed by atoms with Crippen molar-refractivity contribution in [1.82, 2.24) is 5.32 Å². The second-order valence-corrected chi connectivity index (χ2v) is 6.86. The molecule has 1 N–H and O–H groups in total. The lowest BCUT2D eigenvalue weighted by Gasteiger charge is -2.30. The van der Waals surface area contributed by atoms with Gasteiger partial charge in [-0.15, -0.1) is 0 Å². The molecule has 1 aromatic rings. The van der Waals surface area contributed by atoms with Crippen LogP contribution in [-0.4, -0.2) is 56.0 Å². The summed E-state index contributed by atoms with van der Waals surface area (Å²) in [5.74, 6) is -2.35. The molecular formula is C23H27NO9. The first kappa shape index (κ1) is 25.8. The van der Waals surface area contributed by atoms with Crippen LogP contribution < -0.4 is 5.32 Å². The van der Waals surface area contributed by atoms with E-state index in [0.29, 0.717) is 6.54 Å². The Labute approximate surface area is 191 Å². The van der Waals surface area contributed by atoms with Crippen LogP contribution in [0.25, 0.3) is 0 Å². The van der Waals surface area contributed by atoms with Crippen molar-refractivity contribution in [2.45, 2.75) is 39.7 Å². The third-order valence-electron chi connectivity index (χ3n) is 4.14. The molecule has 2 atom stereocenters. The Balaban J connectivity index is 2.15. The van der Waals surface area contributed by atoms with Crippen molar-refractivity contribution in [3.8, 4) is 0 Å². The fourth-order valence-electron chi connectivity index (χ4n) is 2.77. The first-order chi connectivity index (χ1) is 15.8. The number of hydrogen-bond acceptors (Lipinski definition) is 9. The van der Waals surface area contributed by atoms with Gasteiger partial charge in [0.15, 0.2) is 6.29 Å². The summed E-state index contributed by atoms with van der Waals surface area (Å²) in [5, 5.41) is 2.71. The van der Waals surface area contributed by atoms with Gasteiger partial charge in [-0.2, -0.15) is 0 Å². The number of carbonyl (C=O) groups excluding carboxylic acids is 4. The number of ether oxygens (including phenoxy) is 5. The second-order valence-electron chi connectivity index (χ2n) is 6.86. The zero-order valence-corrected chi connectivity index (χ0v) is 18.7. The third kappa shape index (κ3) is 9.26. The lowest BCUT2D eigenvalue weighted by molar-refractivity contribution is -0.172. The number of benzene rings is 1. The van der Waals surface area contributed by atoms with Gasteiger partial charge in [0.2, 0.25) is 5.91 Å². The molecular weight excluding hydrogens is 434 g/mol. The average molecular weight is 461 g/mol. The molecule has 0 saturated carbocycles. The molecule has 1 amide bonds. The van der Waals surface area contributed by atoms with Crippen LogP contribution in [0.15, 0.2) is 53.8 Å². The Morgan fingerprint density at radius 3 is 2.42 bits per heavy atom. The molecule has 0 fully saturated rings. The van der Waals surface area contributed by atoms with E-state index in [1.807, 2.05) is 30.3 Å². The van der Waals surface area contributed by atoms with Crippen molar-refractivity contribution in [3.05, 3.63) is 59.4 Å². The predicted molar refractivity (Wildman–Crippen MR) is 114 cm³/mol. The summed E-state index contributed by atoms with van der Waals surface area (Å²) in [5.41, 5.74) is 0.961. The van der Waals surface area contributed by atoms with Gasteiger partial charge in [-0.25, -0.2) is 4.79 Å². The van der Waals surface area contributed by atoms with E-state index in [1.54, 1.807) is 6.92 Å². The fourth-order valence-corrected chi connectivity index (χ4v) is 2.77. The van der Waals surface area contributed by atoms with E-state index in [-0.39, 0.29) is 24.5 Å². The molecule has 10 nitrogen and oxygen atoms in total. The molecule has 0 radical (unpaired) electrons. The van der Waals surface area contributed by atoms with Crippen molar-refractivity contribution < 1.29 is 42.9 Å². The van der Waals surface area contributed by atoms with Crippen molar-refractivity contribution in [2.75, 3.05) is 19.8 Å². The maximum atomic E-state index is 12.3. The Kier molecular flexibility index (Phi) is 10.3. The van der Waals surface area contributed by atoms with Crippen LogP contribution >= 0.6 is 0 Å². The monoisotopic (exact) mass is 461 g/mol. The van der Waals surface area contributed by atoms with Gasteiger partial charge in [-0.1, -0.05) is 30.3 Å². The van der Waals surface area contributed by atoms with Crippen molar-refractivity contribution in [3.63, 3.8) is 0 Å². The SMILES string of the molecule is CCOC(=O)/C=C1\C(OC(C)=O)=C[C@@H](COC(C)=O)O[C@@H]1OCC(=O)NCc1ccccc1. The molecule has 0 unspecified atom stereocenters. The predicted octanol–water partition coefficient (Wildman–Crippen LogP) is 1.54. The van der Waals surface area contributed by atoms with Crippen molar-refractivity contribution in [1.29, 1.82) is 0 Å². The summed E-state index contributed by atoms with van der Waals surface area (Å²) in [6.45, 7) is 3.88. The Hall–Kier alpha value is -3.50. The van der Waals surface area contributed by atoms with Gasteiger partial charge >= 0.3 is 17.9 Å². The van der Waals surface area contributed by atoms with Crippen molar-refractivity contribution >= 4 is 23.8 Å². The van der Waals surface area contributed by atoms with Crippen LogP contribution in [0.3, 0.4) is 0 Å². The number of hydrogen-bond donors (Lipinski definition) is 1. The van der Waals surface area contributed by atoms with E-state index in [1.165, 1.54) is 19.9 Å². The molecule has 0 saturated heterocycles. The summed E-state index contributed by atoms with van der Waals surface area (Å²) in [6, 6.07) is 9.30. The number of rotatable bonds is 10. The molecule has 1 heterocycles. The van der Waals surface area contributed by atoms with Crippen LogP contribution in [0.1, 0.15) is 26.3 Å². The molecule has 0 bridgehead atoms. The summed E-state index contributed by atoms with van der Waals surface area (Å²) in [7, 11) is 0. The zero-order chi connectivity index (χ0) is 24.2. The van der Waals surface area contributed by atoms with Gasteiger partial charge < -0.3 is 29.0 Å². The Morgan fingerprint density at radius 2 is 1.79 bits per heavy atom. The van der Waals surface area contributed by atoms with E-state index in [9.17, 15) is 19.2 Å². The normalized spacial score (nSPS) is 18.8. The Morgan fingerprint density at radius 1 is 1.06 bits per heavy atom. The molecule has 178 valence electrons. The number of carbonyl (C=O) groups is 4. The molecule has 2 rings (SSSR count). The second kappa shape index (κ2) is 13.1. The van der Waals surface area contributed by atoms with Gasteiger partial charge in [-0.05, 0) is 18.6 Å². The lowest BCUT2D eigenvalue weighted by Crippen LogP contribution is -2.37. The van der Waals surface area contributed by atoms with Crippen LogP contribution in [0, 0.1) is 0 Å². The maximum Gasteiger partial charge on any atom is 0.331 e. The van der Waals surface area contributed by atoms with E-state index < -0.39 is 42.8 Å². The highest BCUT2D eigenvalue weighted by Gasteiger charge is 2.32. The molecule has 1 aliphatic heterocycles. The van der Waals surface area contributed by atoms with Gasteiger partial charge in [-0.3, -0.25) is 14.4 Å². The molecule has 0 spiro atoms. The number of esters is 3.